The summed E-state index contributed by atoms with van der Waals surface area (Å²) < 4.78 is 28.2. The summed E-state index contributed by atoms with van der Waals surface area (Å²) in [6.45, 7) is 3.96. The molecule has 0 bridgehead atoms. The molecule has 1 fully saturated rings. The highest BCUT2D eigenvalue weighted by Gasteiger charge is 2.42. The van der Waals surface area contributed by atoms with Gasteiger partial charge in [0.1, 0.15) is 10.9 Å². The molecule has 3 aromatic rings. The van der Waals surface area contributed by atoms with E-state index in [1.54, 1.807) is 37.1 Å². The molecule has 1 atom stereocenters. The molecule has 0 aliphatic carbocycles. The van der Waals surface area contributed by atoms with Gasteiger partial charge in [0.15, 0.2) is 0 Å². The monoisotopic (exact) mass is 444 g/mol. The number of nitrogens with one attached hydrogen (secondary N) is 1. The molecular weight excluding hydrogens is 420 g/mol. The van der Waals surface area contributed by atoms with Crippen LogP contribution in [0.4, 0.5) is 0 Å². The smallest absolute Gasteiger partial charge is 0.247 e. The lowest BCUT2D eigenvalue weighted by Gasteiger charge is -2.38. The van der Waals surface area contributed by atoms with E-state index in [4.69, 9.17) is 0 Å². The quantitative estimate of drug-likeness (QED) is 0.656. The molecule has 0 radical (unpaired) electrons. The molecule has 2 aromatic heterocycles. The van der Waals surface area contributed by atoms with Gasteiger partial charge in [-0.2, -0.15) is 9.40 Å². The summed E-state index contributed by atoms with van der Waals surface area (Å²) in [5.41, 5.74) is 2.93. The Morgan fingerprint density at radius 3 is 2.50 bits per heavy atom. The maximum absolute atomic E-state index is 13.4. The Labute approximate surface area is 180 Å². The summed E-state index contributed by atoms with van der Waals surface area (Å²) in [7, 11) is -2.14. The third-order valence-corrected chi connectivity index (χ3v) is 8.57. The highest BCUT2D eigenvalue weighted by Crippen LogP contribution is 2.29. The van der Waals surface area contributed by atoms with Crippen molar-refractivity contribution in [1.29, 1.82) is 0 Å². The van der Waals surface area contributed by atoms with Gasteiger partial charge in [-0.1, -0.05) is 30.3 Å². The zero-order valence-corrected chi connectivity index (χ0v) is 18.8. The highest BCUT2D eigenvalue weighted by molar-refractivity contribution is 7.89. The van der Waals surface area contributed by atoms with Crippen LogP contribution in [-0.2, 0) is 21.2 Å². The van der Waals surface area contributed by atoms with Gasteiger partial charge in [-0.25, -0.2) is 8.42 Å². The molecule has 1 saturated heterocycles. The number of carbonyl (C=O) groups is 1. The van der Waals surface area contributed by atoms with Crippen molar-refractivity contribution in [3.05, 3.63) is 58.7 Å². The standard InChI is InChI=1S/C21H24N4O3S2/c1-14-20(15(2)23-22-14)30(27,28)25-11-10-24(3)21(26)18(25)13-16-6-8-17(9-7-16)19-5-4-12-29-19/h4-9,12,18H,10-11,13H2,1-3H3,(H,22,23)/t18-/m0/s1. The summed E-state index contributed by atoms with van der Waals surface area (Å²) in [5, 5.41) is 8.80. The van der Waals surface area contributed by atoms with Crippen LogP contribution in [0.25, 0.3) is 10.4 Å². The first kappa shape index (κ1) is 20.8. The second-order valence-corrected chi connectivity index (χ2v) is 10.3. The Morgan fingerprint density at radius 2 is 1.90 bits per heavy atom. The third-order valence-electron chi connectivity index (χ3n) is 5.48. The molecule has 9 heteroatoms. The number of hydrogen-bond acceptors (Lipinski definition) is 5. The van der Waals surface area contributed by atoms with Crippen LogP contribution in [0.5, 0.6) is 0 Å². The molecule has 0 spiro atoms. The average Bonchev–Trinajstić information content (AvgIpc) is 3.36. The van der Waals surface area contributed by atoms with Crippen molar-refractivity contribution in [1.82, 2.24) is 19.4 Å². The van der Waals surface area contributed by atoms with Crippen LogP contribution < -0.4 is 0 Å². The summed E-state index contributed by atoms with van der Waals surface area (Å²) in [5.74, 6) is -0.189. The van der Waals surface area contributed by atoms with Crippen molar-refractivity contribution < 1.29 is 13.2 Å². The fourth-order valence-corrected chi connectivity index (χ4v) is 6.52. The lowest BCUT2D eigenvalue weighted by atomic mass is 10.0. The van der Waals surface area contributed by atoms with Gasteiger partial charge in [0, 0.05) is 25.0 Å². The second kappa shape index (κ2) is 7.98. The molecule has 3 heterocycles. The minimum Gasteiger partial charge on any atom is -0.343 e. The number of aromatic nitrogens is 2. The first-order valence-electron chi connectivity index (χ1n) is 9.70. The van der Waals surface area contributed by atoms with Crippen molar-refractivity contribution in [3.8, 4) is 10.4 Å². The van der Waals surface area contributed by atoms with E-state index in [-0.39, 0.29) is 17.3 Å². The number of carbonyl (C=O) groups excluding carboxylic acids is 1. The van der Waals surface area contributed by atoms with Crippen LogP contribution in [0.3, 0.4) is 0 Å². The molecule has 1 aliphatic rings. The van der Waals surface area contributed by atoms with Gasteiger partial charge in [-0.05, 0) is 42.8 Å². The van der Waals surface area contributed by atoms with Crippen molar-refractivity contribution in [3.63, 3.8) is 0 Å². The van der Waals surface area contributed by atoms with Crippen molar-refractivity contribution >= 4 is 27.3 Å². The number of H-pyrrole nitrogens is 1. The Bertz CT molecular complexity index is 1130. The number of aromatic amines is 1. The molecule has 0 saturated carbocycles. The number of amides is 1. The molecular formula is C21H24N4O3S2. The van der Waals surface area contributed by atoms with Gasteiger partial charge in [-0.15, -0.1) is 11.3 Å². The molecule has 4 rings (SSSR count). The number of aryl methyl sites for hydroxylation is 2. The normalized spacial score (nSPS) is 18.2. The van der Waals surface area contributed by atoms with E-state index in [9.17, 15) is 13.2 Å². The minimum atomic E-state index is -3.86. The lowest BCUT2D eigenvalue weighted by Crippen LogP contribution is -2.58. The average molecular weight is 445 g/mol. The minimum absolute atomic E-state index is 0.165. The van der Waals surface area contributed by atoms with Crippen molar-refractivity contribution in [2.24, 2.45) is 0 Å². The Kier molecular flexibility index (Phi) is 5.52. The molecule has 0 unspecified atom stereocenters. The zero-order valence-electron chi connectivity index (χ0n) is 17.1. The molecule has 1 amide bonds. The number of rotatable bonds is 5. The summed E-state index contributed by atoms with van der Waals surface area (Å²) in [4.78, 5) is 15.9. The van der Waals surface area contributed by atoms with Gasteiger partial charge in [0.05, 0.1) is 11.4 Å². The zero-order chi connectivity index (χ0) is 21.5. The molecule has 30 heavy (non-hydrogen) atoms. The van der Waals surface area contributed by atoms with E-state index >= 15 is 0 Å². The van der Waals surface area contributed by atoms with Gasteiger partial charge in [0.2, 0.25) is 15.9 Å². The number of benzene rings is 1. The number of sulfonamides is 1. The predicted octanol–water partition coefficient (Wildman–Crippen LogP) is 2.83. The first-order chi connectivity index (χ1) is 14.3. The molecule has 1 aliphatic heterocycles. The first-order valence-corrected chi connectivity index (χ1v) is 12.0. The maximum atomic E-state index is 13.4. The Hall–Kier alpha value is -2.49. The van der Waals surface area contributed by atoms with Gasteiger partial charge in [-0.3, -0.25) is 9.89 Å². The van der Waals surface area contributed by atoms with Crippen molar-refractivity contribution in [2.75, 3.05) is 20.1 Å². The number of nitrogens with zero attached hydrogens (tertiary/aromatic N) is 3. The van der Waals surface area contributed by atoms with Gasteiger partial charge in [0.25, 0.3) is 0 Å². The van der Waals surface area contributed by atoms with Crippen LogP contribution in [0.15, 0.2) is 46.7 Å². The summed E-state index contributed by atoms with van der Waals surface area (Å²) in [6, 6.07) is 11.3. The molecule has 1 aromatic carbocycles. The summed E-state index contributed by atoms with van der Waals surface area (Å²) >= 11 is 1.67. The summed E-state index contributed by atoms with van der Waals surface area (Å²) in [6.07, 6.45) is 0.322. The largest absolute Gasteiger partial charge is 0.343 e. The van der Waals surface area contributed by atoms with Crippen LogP contribution in [0.1, 0.15) is 17.0 Å². The SMILES string of the molecule is Cc1n[nH]c(C)c1S(=O)(=O)N1CCN(C)C(=O)[C@@H]1Cc1ccc(-c2cccs2)cc1. The van der Waals surface area contributed by atoms with E-state index in [2.05, 4.69) is 16.3 Å². The van der Waals surface area contributed by atoms with E-state index in [0.29, 0.717) is 24.4 Å². The number of thiophene rings is 1. The fourth-order valence-electron chi connectivity index (χ4n) is 3.88. The van der Waals surface area contributed by atoms with Crippen LogP contribution >= 0.6 is 11.3 Å². The maximum Gasteiger partial charge on any atom is 0.247 e. The lowest BCUT2D eigenvalue weighted by molar-refractivity contribution is -0.137. The highest BCUT2D eigenvalue weighted by atomic mass is 32.2. The van der Waals surface area contributed by atoms with Crippen LogP contribution in [0, 0.1) is 13.8 Å². The molecule has 7 nitrogen and oxygen atoms in total. The number of likely N-dealkylation sites (N-methyl/N-ethyl adjacent to an activating group) is 1. The Balaban J connectivity index is 1.65. The van der Waals surface area contributed by atoms with E-state index in [0.717, 1.165) is 11.1 Å². The second-order valence-electron chi connectivity index (χ2n) is 7.53. The van der Waals surface area contributed by atoms with Gasteiger partial charge < -0.3 is 4.90 Å². The van der Waals surface area contributed by atoms with E-state index in [1.807, 2.05) is 35.7 Å². The van der Waals surface area contributed by atoms with Crippen LogP contribution in [-0.4, -0.2) is 59.9 Å². The van der Waals surface area contributed by atoms with Crippen LogP contribution in [0.2, 0.25) is 0 Å². The molecule has 1 N–H and O–H groups in total. The van der Waals surface area contributed by atoms with E-state index in [1.165, 1.54) is 9.18 Å². The molecule has 158 valence electrons. The number of piperazine rings is 1. The van der Waals surface area contributed by atoms with E-state index < -0.39 is 16.1 Å². The number of hydrogen-bond donors (Lipinski definition) is 1. The predicted molar refractivity (Wildman–Crippen MR) is 117 cm³/mol. The fraction of sp³-hybridized carbons (Fsp3) is 0.333. The van der Waals surface area contributed by atoms with Crippen molar-refractivity contribution in [2.45, 2.75) is 31.2 Å². The Morgan fingerprint density at radius 1 is 1.17 bits per heavy atom. The third kappa shape index (κ3) is 3.68. The topological polar surface area (TPSA) is 86.4 Å². The van der Waals surface area contributed by atoms with Gasteiger partial charge >= 0.3 is 0 Å².